The summed E-state index contributed by atoms with van der Waals surface area (Å²) in [6, 6.07) is 1.74. The molecular formula is C11H9ClF2OS. The summed E-state index contributed by atoms with van der Waals surface area (Å²) in [4.78, 5) is 11.9. The van der Waals surface area contributed by atoms with Gasteiger partial charge in [-0.15, -0.1) is 0 Å². The molecule has 1 atom stereocenters. The van der Waals surface area contributed by atoms with E-state index in [9.17, 15) is 13.6 Å². The van der Waals surface area contributed by atoms with Crippen molar-refractivity contribution in [2.45, 2.75) is 18.1 Å². The summed E-state index contributed by atoms with van der Waals surface area (Å²) in [5.41, 5.74) is -0.193. The lowest BCUT2D eigenvalue weighted by Gasteiger charge is -2.08. The van der Waals surface area contributed by atoms with Crippen LogP contribution in [-0.2, 0) is 0 Å². The quantitative estimate of drug-likeness (QED) is 0.597. The Bertz CT molecular complexity index is 430. The van der Waals surface area contributed by atoms with Crippen LogP contribution in [0.25, 0.3) is 0 Å². The maximum atomic E-state index is 13.5. The van der Waals surface area contributed by atoms with Crippen LogP contribution in [-0.4, -0.2) is 16.8 Å². The van der Waals surface area contributed by atoms with Crippen molar-refractivity contribution in [1.82, 2.24) is 0 Å². The minimum Gasteiger partial charge on any atom is -0.293 e. The van der Waals surface area contributed by atoms with Crippen LogP contribution >= 0.6 is 23.4 Å². The van der Waals surface area contributed by atoms with E-state index in [-0.39, 0.29) is 21.6 Å². The van der Waals surface area contributed by atoms with Crippen LogP contribution in [0, 0.1) is 11.6 Å². The zero-order valence-corrected chi connectivity index (χ0v) is 9.88. The standard InChI is InChI=1S/C11H9ClF2OS/c12-7-5-8(13)6(4-9(7)14)11(15)10-2-1-3-16-10/h4-5,10H,1-3H2. The molecule has 5 heteroatoms. The van der Waals surface area contributed by atoms with Gasteiger partial charge in [-0.2, -0.15) is 11.8 Å². The highest BCUT2D eigenvalue weighted by molar-refractivity contribution is 8.00. The molecule has 0 aromatic heterocycles. The number of hydrogen-bond acceptors (Lipinski definition) is 2. The monoisotopic (exact) mass is 262 g/mol. The molecule has 1 aliphatic rings. The second-order valence-corrected chi connectivity index (χ2v) is 5.33. The summed E-state index contributed by atoms with van der Waals surface area (Å²) in [6.07, 6.45) is 1.67. The fraction of sp³-hybridized carbons (Fsp3) is 0.364. The van der Waals surface area contributed by atoms with Gasteiger partial charge in [0.25, 0.3) is 0 Å². The Morgan fingerprint density at radius 1 is 1.38 bits per heavy atom. The molecule has 0 spiro atoms. The third-order valence-corrected chi connectivity index (χ3v) is 4.16. The molecule has 1 aromatic rings. The zero-order chi connectivity index (χ0) is 11.7. The van der Waals surface area contributed by atoms with Crippen molar-refractivity contribution in [1.29, 1.82) is 0 Å². The summed E-state index contributed by atoms with van der Waals surface area (Å²) in [7, 11) is 0. The largest absolute Gasteiger partial charge is 0.293 e. The fourth-order valence-corrected chi connectivity index (χ4v) is 3.05. The molecule has 0 aliphatic carbocycles. The van der Waals surface area contributed by atoms with Crippen molar-refractivity contribution in [3.05, 3.63) is 34.4 Å². The Hall–Kier alpha value is -0.610. The summed E-state index contributed by atoms with van der Waals surface area (Å²) >= 11 is 6.91. The Kier molecular flexibility index (Phi) is 3.50. The molecule has 1 fully saturated rings. The van der Waals surface area contributed by atoms with Gasteiger partial charge in [0.05, 0.1) is 15.8 Å². The molecule has 16 heavy (non-hydrogen) atoms. The first-order chi connectivity index (χ1) is 7.59. The van der Waals surface area contributed by atoms with Crippen molar-refractivity contribution in [2.75, 3.05) is 5.75 Å². The van der Waals surface area contributed by atoms with Crippen molar-refractivity contribution in [2.24, 2.45) is 0 Å². The smallest absolute Gasteiger partial charge is 0.178 e. The molecule has 1 heterocycles. The first-order valence-corrected chi connectivity index (χ1v) is 6.32. The first kappa shape index (κ1) is 11.9. The number of thioether (sulfide) groups is 1. The van der Waals surface area contributed by atoms with E-state index in [1.807, 2.05) is 0 Å². The highest BCUT2D eigenvalue weighted by Crippen LogP contribution is 2.30. The van der Waals surface area contributed by atoms with Crippen LogP contribution in [0.15, 0.2) is 12.1 Å². The number of ketones is 1. The van der Waals surface area contributed by atoms with E-state index in [1.165, 1.54) is 11.8 Å². The molecule has 0 radical (unpaired) electrons. The SMILES string of the molecule is O=C(c1cc(F)c(Cl)cc1F)C1CCCS1. The van der Waals surface area contributed by atoms with Crippen molar-refractivity contribution < 1.29 is 13.6 Å². The summed E-state index contributed by atoms with van der Waals surface area (Å²) in [6.45, 7) is 0. The third-order valence-electron chi connectivity index (χ3n) is 2.50. The van der Waals surface area contributed by atoms with Gasteiger partial charge >= 0.3 is 0 Å². The van der Waals surface area contributed by atoms with Gasteiger partial charge in [-0.05, 0) is 30.7 Å². The second-order valence-electron chi connectivity index (χ2n) is 3.61. The van der Waals surface area contributed by atoms with E-state index in [0.29, 0.717) is 0 Å². The van der Waals surface area contributed by atoms with Gasteiger partial charge < -0.3 is 0 Å². The van der Waals surface area contributed by atoms with Crippen LogP contribution < -0.4 is 0 Å². The number of rotatable bonds is 2. The van der Waals surface area contributed by atoms with Gasteiger partial charge in [-0.25, -0.2) is 8.78 Å². The molecular weight excluding hydrogens is 254 g/mol. The lowest BCUT2D eigenvalue weighted by Crippen LogP contribution is -2.16. The molecule has 1 aliphatic heterocycles. The number of Topliss-reactive ketones (excluding diaryl/α,β-unsaturated/α-hetero) is 1. The first-order valence-electron chi connectivity index (χ1n) is 4.90. The molecule has 0 amide bonds. The molecule has 86 valence electrons. The fourth-order valence-electron chi connectivity index (χ4n) is 1.67. The minimum absolute atomic E-state index is 0.193. The van der Waals surface area contributed by atoms with Crippen LogP contribution in [0.5, 0.6) is 0 Å². The van der Waals surface area contributed by atoms with E-state index in [4.69, 9.17) is 11.6 Å². The topological polar surface area (TPSA) is 17.1 Å². The van der Waals surface area contributed by atoms with Crippen LogP contribution in [0.3, 0.4) is 0 Å². The lowest BCUT2D eigenvalue weighted by molar-refractivity contribution is 0.0984. The number of halogens is 3. The molecule has 2 rings (SSSR count). The predicted molar refractivity (Wildman–Crippen MR) is 61.2 cm³/mol. The Morgan fingerprint density at radius 3 is 2.75 bits per heavy atom. The normalized spacial score (nSPS) is 20.1. The maximum Gasteiger partial charge on any atom is 0.178 e. The molecule has 0 bridgehead atoms. The number of carbonyl (C=O) groups excluding carboxylic acids is 1. The van der Waals surface area contributed by atoms with Crippen molar-refractivity contribution in [3.63, 3.8) is 0 Å². The molecule has 1 aromatic carbocycles. The van der Waals surface area contributed by atoms with E-state index in [0.717, 1.165) is 30.7 Å². The second kappa shape index (κ2) is 4.72. The number of benzene rings is 1. The molecule has 0 saturated carbocycles. The summed E-state index contributed by atoms with van der Waals surface area (Å²) in [5, 5.41) is -0.539. The lowest BCUT2D eigenvalue weighted by atomic mass is 10.0. The zero-order valence-electron chi connectivity index (χ0n) is 8.30. The third kappa shape index (κ3) is 2.23. The van der Waals surface area contributed by atoms with E-state index in [1.54, 1.807) is 0 Å². The van der Waals surface area contributed by atoms with Gasteiger partial charge in [-0.3, -0.25) is 4.79 Å². The van der Waals surface area contributed by atoms with Crippen LogP contribution in [0.2, 0.25) is 5.02 Å². The Labute approximate surface area is 101 Å². The molecule has 1 nitrogen and oxygen atoms in total. The summed E-state index contributed by atoms with van der Waals surface area (Å²) in [5.74, 6) is -0.942. The highest BCUT2D eigenvalue weighted by Gasteiger charge is 2.27. The van der Waals surface area contributed by atoms with E-state index < -0.39 is 11.6 Å². The van der Waals surface area contributed by atoms with Crippen molar-refractivity contribution >= 4 is 29.1 Å². The van der Waals surface area contributed by atoms with Crippen molar-refractivity contribution in [3.8, 4) is 0 Å². The van der Waals surface area contributed by atoms with Gasteiger partial charge in [0.15, 0.2) is 5.78 Å². The Morgan fingerprint density at radius 2 is 2.12 bits per heavy atom. The van der Waals surface area contributed by atoms with Gasteiger partial charge in [0, 0.05) is 0 Å². The molecule has 1 unspecified atom stereocenters. The maximum absolute atomic E-state index is 13.5. The van der Waals surface area contributed by atoms with Gasteiger partial charge in [0.2, 0.25) is 0 Å². The van der Waals surface area contributed by atoms with E-state index >= 15 is 0 Å². The number of carbonyl (C=O) groups is 1. The summed E-state index contributed by atoms with van der Waals surface area (Å²) < 4.78 is 26.6. The minimum atomic E-state index is -0.755. The average Bonchev–Trinajstić information content (AvgIpc) is 2.75. The molecule has 1 saturated heterocycles. The van der Waals surface area contributed by atoms with Gasteiger partial charge in [-0.1, -0.05) is 11.6 Å². The predicted octanol–water partition coefficient (Wildman–Crippen LogP) is 3.70. The van der Waals surface area contributed by atoms with Crippen LogP contribution in [0.4, 0.5) is 8.78 Å². The van der Waals surface area contributed by atoms with Gasteiger partial charge in [0.1, 0.15) is 11.6 Å². The molecule has 0 N–H and O–H groups in total. The number of hydrogen-bond donors (Lipinski definition) is 0. The van der Waals surface area contributed by atoms with Crippen LogP contribution in [0.1, 0.15) is 23.2 Å². The average molecular weight is 263 g/mol. The van der Waals surface area contributed by atoms with E-state index in [2.05, 4.69) is 0 Å². The highest BCUT2D eigenvalue weighted by atomic mass is 35.5. The Balaban J connectivity index is 2.32.